The van der Waals surface area contributed by atoms with Crippen LogP contribution in [0.25, 0.3) is 0 Å². The second kappa shape index (κ2) is 5.29. The molecule has 0 radical (unpaired) electrons. The summed E-state index contributed by atoms with van der Waals surface area (Å²) in [4.78, 5) is 14.1. The number of nitrogens with two attached hydrogens (primary N) is 1. The number of carbonyl (C=O) groups excluding carboxylic acids is 1. The topological polar surface area (TPSA) is 60.5 Å². The Bertz CT molecular complexity index is 424. The molecule has 1 fully saturated rings. The number of ether oxygens (including phenoxy) is 1. The summed E-state index contributed by atoms with van der Waals surface area (Å²) in [5, 5.41) is 0. The molecule has 0 bridgehead atoms. The third-order valence-corrected chi connectivity index (χ3v) is 2.96. The zero-order chi connectivity index (χ0) is 12.3. The molecule has 0 spiro atoms. The van der Waals surface area contributed by atoms with Gasteiger partial charge in [-0.2, -0.15) is 0 Å². The Morgan fingerprint density at radius 3 is 2.82 bits per heavy atom. The molecule has 92 valence electrons. The number of morpholine rings is 1. The first kappa shape index (κ1) is 12.1. The maximum Gasteiger partial charge on any atom is 0.242 e. The highest BCUT2D eigenvalue weighted by Gasteiger charge is 2.17. The minimum atomic E-state index is 0.0713. The molecule has 1 aromatic rings. The van der Waals surface area contributed by atoms with Gasteiger partial charge in [-0.1, -0.05) is 12.2 Å². The highest BCUT2D eigenvalue weighted by Crippen LogP contribution is 2.05. The second-order valence-electron chi connectivity index (χ2n) is 3.88. The molecule has 1 aromatic heterocycles. The number of nitrogens with zero attached hydrogens (tertiary/aromatic N) is 2. The van der Waals surface area contributed by atoms with E-state index in [0.717, 1.165) is 5.69 Å². The van der Waals surface area contributed by atoms with Gasteiger partial charge in [0.1, 0.15) is 11.5 Å². The summed E-state index contributed by atoms with van der Waals surface area (Å²) in [5.74, 6) is 0.0713. The third-order valence-electron chi connectivity index (χ3n) is 2.75. The fraction of sp³-hybridized carbons (Fsp3) is 0.455. The van der Waals surface area contributed by atoms with E-state index in [9.17, 15) is 4.79 Å². The van der Waals surface area contributed by atoms with Gasteiger partial charge in [-0.05, 0) is 12.1 Å². The average Bonchev–Trinajstić information content (AvgIpc) is 2.78. The Hall–Kier alpha value is -1.40. The van der Waals surface area contributed by atoms with Gasteiger partial charge >= 0.3 is 0 Å². The van der Waals surface area contributed by atoms with E-state index in [1.165, 1.54) is 0 Å². The molecule has 0 saturated carbocycles. The molecule has 1 aliphatic rings. The van der Waals surface area contributed by atoms with Crippen LogP contribution in [-0.4, -0.2) is 46.7 Å². The van der Waals surface area contributed by atoms with Gasteiger partial charge in [-0.3, -0.25) is 4.79 Å². The third kappa shape index (κ3) is 2.83. The average molecular weight is 253 g/mol. The largest absolute Gasteiger partial charge is 0.388 e. The predicted octanol–water partition coefficient (Wildman–Crippen LogP) is -0.0189. The number of carbonyl (C=O) groups is 1. The van der Waals surface area contributed by atoms with E-state index in [4.69, 9.17) is 22.7 Å². The van der Waals surface area contributed by atoms with Gasteiger partial charge in [-0.25, -0.2) is 0 Å². The van der Waals surface area contributed by atoms with Crippen LogP contribution in [0.15, 0.2) is 18.3 Å². The summed E-state index contributed by atoms with van der Waals surface area (Å²) in [6.07, 6.45) is 1.81. The molecule has 17 heavy (non-hydrogen) atoms. The van der Waals surface area contributed by atoms with Crippen molar-refractivity contribution in [2.45, 2.75) is 6.54 Å². The molecule has 0 unspecified atom stereocenters. The molecular formula is C11H15N3O2S. The van der Waals surface area contributed by atoms with Crippen molar-refractivity contribution in [2.24, 2.45) is 5.73 Å². The smallest absolute Gasteiger partial charge is 0.242 e. The zero-order valence-corrected chi connectivity index (χ0v) is 10.3. The van der Waals surface area contributed by atoms with Crippen LogP contribution in [0, 0.1) is 0 Å². The van der Waals surface area contributed by atoms with Crippen molar-refractivity contribution < 1.29 is 9.53 Å². The molecule has 1 amide bonds. The van der Waals surface area contributed by atoms with Crippen molar-refractivity contribution in [1.29, 1.82) is 0 Å². The minimum absolute atomic E-state index is 0.0713. The normalized spacial score (nSPS) is 15.9. The molecule has 2 N–H and O–H groups in total. The van der Waals surface area contributed by atoms with Crippen LogP contribution in [0.3, 0.4) is 0 Å². The predicted molar refractivity (Wildman–Crippen MR) is 67.7 cm³/mol. The SMILES string of the molecule is NC(=S)c1cccn1CC(=O)N1CCOCC1. The number of rotatable bonds is 3. The highest BCUT2D eigenvalue weighted by atomic mass is 32.1. The van der Waals surface area contributed by atoms with E-state index < -0.39 is 0 Å². The molecule has 1 saturated heterocycles. The maximum atomic E-state index is 12.0. The summed E-state index contributed by atoms with van der Waals surface area (Å²) in [5.41, 5.74) is 6.30. The fourth-order valence-corrected chi connectivity index (χ4v) is 2.02. The molecule has 0 aliphatic carbocycles. The summed E-state index contributed by atoms with van der Waals surface area (Å²) in [6, 6.07) is 3.65. The summed E-state index contributed by atoms with van der Waals surface area (Å²) in [7, 11) is 0. The summed E-state index contributed by atoms with van der Waals surface area (Å²) < 4.78 is 6.98. The monoisotopic (exact) mass is 253 g/mol. The van der Waals surface area contributed by atoms with Crippen LogP contribution in [0.4, 0.5) is 0 Å². The summed E-state index contributed by atoms with van der Waals surface area (Å²) >= 11 is 4.92. The van der Waals surface area contributed by atoms with Crippen molar-refractivity contribution in [3.05, 3.63) is 24.0 Å². The van der Waals surface area contributed by atoms with Crippen LogP contribution < -0.4 is 5.73 Å². The Morgan fingerprint density at radius 2 is 2.18 bits per heavy atom. The van der Waals surface area contributed by atoms with Gasteiger partial charge in [0.25, 0.3) is 0 Å². The zero-order valence-electron chi connectivity index (χ0n) is 9.46. The van der Waals surface area contributed by atoms with Crippen molar-refractivity contribution in [3.8, 4) is 0 Å². The Balaban J connectivity index is 2.02. The minimum Gasteiger partial charge on any atom is -0.388 e. The second-order valence-corrected chi connectivity index (χ2v) is 4.32. The number of thiocarbonyl (C=S) groups is 1. The van der Waals surface area contributed by atoms with Crippen molar-refractivity contribution >= 4 is 23.1 Å². The molecule has 0 aromatic carbocycles. The van der Waals surface area contributed by atoms with Crippen molar-refractivity contribution in [1.82, 2.24) is 9.47 Å². The quantitative estimate of drug-likeness (QED) is 0.769. The lowest BCUT2D eigenvalue weighted by molar-refractivity contribution is -0.135. The molecule has 2 rings (SSSR count). The van der Waals surface area contributed by atoms with Crippen LogP contribution >= 0.6 is 12.2 Å². The molecule has 6 heteroatoms. The van der Waals surface area contributed by atoms with Crippen LogP contribution in [-0.2, 0) is 16.1 Å². The van der Waals surface area contributed by atoms with Gasteiger partial charge < -0.3 is 19.9 Å². The summed E-state index contributed by atoms with van der Waals surface area (Å²) in [6.45, 7) is 2.81. The Morgan fingerprint density at radius 1 is 1.47 bits per heavy atom. The standard InChI is InChI=1S/C11H15N3O2S/c12-11(17)9-2-1-3-14(9)8-10(15)13-4-6-16-7-5-13/h1-3H,4-8H2,(H2,12,17). The van der Waals surface area contributed by atoms with Crippen LogP contribution in [0.1, 0.15) is 5.69 Å². The first-order valence-electron chi connectivity index (χ1n) is 5.49. The number of hydrogen-bond acceptors (Lipinski definition) is 3. The lowest BCUT2D eigenvalue weighted by atomic mass is 10.3. The maximum absolute atomic E-state index is 12.0. The molecule has 1 aliphatic heterocycles. The number of amides is 1. The first-order valence-corrected chi connectivity index (χ1v) is 5.90. The first-order chi connectivity index (χ1) is 8.18. The van der Waals surface area contributed by atoms with Gasteiger partial charge in [0.2, 0.25) is 5.91 Å². The van der Waals surface area contributed by atoms with Crippen molar-refractivity contribution in [2.75, 3.05) is 26.3 Å². The van der Waals surface area contributed by atoms with Gasteiger partial charge in [-0.15, -0.1) is 0 Å². The lowest BCUT2D eigenvalue weighted by Crippen LogP contribution is -2.42. The van der Waals surface area contributed by atoms with Crippen LogP contribution in [0.5, 0.6) is 0 Å². The van der Waals surface area contributed by atoms with E-state index in [0.29, 0.717) is 31.3 Å². The van der Waals surface area contributed by atoms with E-state index in [1.807, 2.05) is 18.3 Å². The number of hydrogen-bond donors (Lipinski definition) is 1. The highest BCUT2D eigenvalue weighted by molar-refractivity contribution is 7.80. The Labute approximate surface area is 105 Å². The van der Waals surface area contributed by atoms with E-state index in [2.05, 4.69) is 0 Å². The van der Waals surface area contributed by atoms with Crippen LogP contribution in [0.2, 0.25) is 0 Å². The van der Waals surface area contributed by atoms with Gasteiger partial charge in [0.05, 0.1) is 18.9 Å². The van der Waals surface area contributed by atoms with E-state index >= 15 is 0 Å². The fourth-order valence-electron chi connectivity index (χ4n) is 1.83. The molecule has 5 nitrogen and oxygen atoms in total. The number of aromatic nitrogens is 1. The van der Waals surface area contributed by atoms with Gasteiger partial charge in [0.15, 0.2) is 0 Å². The Kier molecular flexibility index (Phi) is 3.75. The van der Waals surface area contributed by atoms with E-state index in [1.54, 1.807) is 9.47 Å². The molecular weight excluding hydrogens is 238 g/mol. The van der Waals surface area contributed by atoms with Gasteiger partial charge in [0, 0.05) is 19.3 Å². The van der Waals surface area contributed by atoms with E-state index in [-0.39, 0.29) is 12.5 Å². The lowest BCUT2D eigenvalue weighted by Gasteiger charge is -2.27. The molecule has 0 atom stereocenters. The van der Waals surface area contributed by atoms with Crippen molar-refractivity contribution in [3.63, 3.8) is 0 Å². The molecule has 2 heterocycles.